The van der Waals surface area contributed by atoms with Crippen LogP contribution in [0.4, 0.5) is 0 Å². The lowest BCUT2D eigenvalue weighted by atomic mass is 9.89. The van der Waals surface area contributed by atoms with Crippen molar-refractivity contribution in [1.29, 1.82) is 0 Å². The van der Waals surface area contributed by atoms with Gasteiger partial charge >= 0.3 is 0 Å². The Balaban J connectivity index is 1.33. The van der Waals surface area contributed by atoms with Crippen LogP contribution in [0.1, 0.15) is 35.4 Å². The smallest absolute Gasteiger partial charge is 0.266 e. The summed E-state index contributed by atoms with van der Waals surface area (Å²) in [5, 5.41) is 11.0. The first-order chi connectivity index (χ1) is 13.1. The molecule has 2 aromatic carbocycles. The van der Waals surface area contributed by atoms with Crippen LogP contribution >= 0.6 is 0 Å². The molecule has 1 unspecified atom stereocenters. The first-order valence-electron chi connectivity index (χ1n) is 9.63. The third-order valence-corrected chi connectivity index (χ3v) is 5.70. The molecule has 2 saturated heterocycles. The maximum atomic E-state index is 12.8. The van der Waals surface area contributed by atoms with E-state index in [0.717, 1.165) is 31.5 Å². The molecule has 1 atom stereocenters. The number of aromatic hydroxyl groups is 1. The second-order valence-corrected chi connectivity index (χ2v) is 7.57. The maximum absolute atomic E-state index is 12.8. The Labute approximate surface area is 160 Å². The van der Waals surface area contributed by atoms with Gasteiger partial charge in [-0.05, 0) is 62.0 Å². The van der Waals surface area contributed by atoms with Crippen molar-refractivity contribution < 1.29 is 14.7 Å². The Bertz CT molecular complexity index is 780. The van der Waals surface area contributed by atoms with Crippen LogP contribution in [-0.2, 0) is 16.2 Å². The van der Waals surface area contributed by atoms with E-state index in [-0.39, 0.29) is 11.9 Å². The monoisotopic (exact) mass is 366 g/mol. The number of carbonyl (C=O) groups excluding carboxylic acids is 1. The zero-order valence-corrected chi connectivity index (χ0v) is 15.7. The Morgan fingerprint density at radius 2 is 1.70 bits per heavy atom. The highest BCUT2D eigenvalue weighted by Gasteiger charge is 2.38. The van der Waals surface area contributed by atoms with Crippen molar-refractivity contribution in [3.05, 3.63) is 65.2 Å². The van der Waals surface area contributed by atoms with Gasteiger partial charge in [0.15, 0.2) is 0 Å². The number of phenolic OH excluding ortho intramolecular Hbond substituents is 1. The number of benzene rings is 2. The summed E-state index contributed by atoms with van der Waals surface area (Å²) in [6, 6.07) is 15.5. The van der Waals surface area contributed by atoms with Gasteiger partial charge in [0.05, 0.1) is 13.2 Å². The number of rotatable bonds is 4. The molecule has 4 rings (SSSR count). The minimum atomic E-state index is -0.170. The van der Waals surface area contributed by atoms with Gasteiger partial charge in [-0.15, -0.1) is 0 Å². The Kier molecular flexibility index (Phi) is 5.14. The molecule has 2 aromatic rings. The van der Waals surface area contributed by atoms with Gasteiger partial charge in [-0.2, -0.15) is 0 Å². The first-order valence-corrected chi connectivity index (χ1v) is 9.63. The van der Waals surface area contributed by atoms with Gasteiger partial charge in [0.1, 0.15) is 11.8 Å². The molecule has 0 saturated carbocycles. The fraction of sp³-hybridized carbons (Fsp3) is 0.409. The summed E-state index contributed by atoms with van der Waals surface area (Å²) in [6.07, 6.45) is 2.04. The summed E-state index contributed by atoms with van der Waals surface area (Å²) in [5.41, 5.74) is 3.56. The van der Waals surface area contributed by atoms with E-state index in [1.807, 2.05) is 24.3 Å². The van der Waals surface area contributed by atoms with E-state index >= 15 is 0 Å². The highest BCUT2D eigenvalue weighted by molar-refractivity contribution is 5.82. The van der Waals surface area contributed by atoms with Gasteiger partial charge < -0.3 is 5.11 Å². The molecule has 5 heteroatoms. The van der Waals surface area contributed by atoms with Gasteiger partial charge in [0.25, 0.3) is 5.91 Å². The van der Waals surface area contributed by atoms with Crippen molar-refractivity contribution in [3.63, 3.8) is 0 Å². The van der Waals surface area contributed by atoms with Crippen LogP contribution in [0.3, 0.4) is 0 Å². The normalized spacial score (nSPS) is 21.7. The fourth-order valence-electron chi connectivity index (χ4n) is 4.00. The molecule has 5 nitrogen and oxygen atoms in total. The van der Waals surface area contributed by atoms with E-state index in [1.54, 1.807) is 12.1 Å². The predicted octanol–water partition coefficient (Wildman–Crippen LogP) is 3.22. The van der Waals surface area contributed by atoms with E-state index in [4.69, 9.17) is 4.84 Å². The van der Waals surface area contributed by atoms with Gasteiger partial charge in [0, 0.05) is 0 Å². The second-order valence-electron chi connectivity index (χ2n) is 7.57. The standard InChI is InChI=1S/C22H26N2O3/c1-16-2-4-17(5-3-16)14-24-22(26)21(15-27-24)23-12-10-19(11-13-23)18-6-8-20(25)9-7-18/h2-9,19,21,25H,10-15H2,1H3. The van der Waals surface area contributed by atoms with Crippen LogP contribution < -0.4 is 0 Å². The van der Waals surface area contributed by atoms with Crippen molar-refractivity contribution in [2.75, 3.05) is 19.7 Å². The molecule has 2 fully saturated rings. The van der Waals surface area contributed by atoms with E-state index in [1.165, 1.54) is 16.2 Å². The molecule has 0 spiro atoms. The Hall–Kier alpha value is -2.37. The first kappa shape index (κ1) is 18.0. The van der Waals surface area contributed by atoms with Crippen molar-refractivity contribution in [1.82, 2.24) is 9.96 Å². The Morgan fingerprint density at radius 1 is 1.04 bits per heavy atom. The van der Waals surface area contributed by atoms with Crippen LogP contribution in [0, 0.1) is 6.92 Å². The molecule has 0 bridgehead atoms. The molecular weight excluding hydrogens is 340 g/mol. The number of nitrogens with zero attached hydrogens (tertiary/aromatic N) is 2. The number of amides is 1. The van der Waals surface area contributed by atoms with Crippen molar-refractivity contribution >= 4 is 5.91 Å². The minimum Gasteiger partial charge on any atom is -0.508 e. The van der Waals surface area contributed by atoms with E-state index in [0.29, 0.717) is 24.8 Å². The average Bonchev–Trinajstić information content (AvgIpc) is 3.05. The molecule has 142 valence electrons. The number of aryl methyl sites for hydroxylation is 1. The molecule has 0 aliphatic carbocycles. The van der Waals surface area contributed by atoms with Gasteiger partial charge in [-0.25, -0.2) is 5.06 Å². The molecule has 2 aliphatic heterocycles. The number of piperidine rings is 1. The SMILES string of the molecule is Cc1ccc(CN2OCC(N3CCC(c4ccc(O)cc4)CC3)C2=O)cc1. The quantitative estimate of drug-likeness (QED) is 0.903. The average molecular weight is 366 g/mol. The zero-order valence-electron chi connectivity index (χ0n) is 15.7. The number of hydroxylamine groups is 2. The maximum Gasteiger partial charge on any atom is 0.266 e. The van der Waals surface area contributed by atoms with Gasteiger partial charge in [0.2, 0.25) is 0 Å². The molecule has 1 amide bonds. The third-order valence-electron chi connectivity index (χ3n) is 5.70. The van der Waals surface area contributed by atoms with Gasteiger partial charge in [-0.3, -0.25) is 14.5 Å². The van der Waals surface area contributed by atoms with Crippen LogP contribution in [0.5, 0.6) is 5.75 Å². The summed E-state index contributed by atoms with van der Waals surface area (Å²) >= 11 is 0. The molecule has 1 N–H and O–H groups in total. The molecule has 2 heterocycles. The number of hydrogen-bond acceptors (Lipinski definition) is 4. The minimum absolute atomic E-state index is 0.0682. The summed E-state index contributed by atoms with van der Waals surface area (Å²) in [7, 11) is 0. The van der Waals surface area contributed by atoms with Crippen LogP contribution in [0.2, 0.25) is 0 Å². The molecule has 0 aromatic heterocycles. The predicted molar refractivity (Wildman–Crippen MR) is 103 cm³/mol. The highest BCUT2D eigenvalue weighted by Crippen LogP contribution is 2.31. The van der Waals surface area contributed by atoms with Crippen LogP contribution in [-0.4, -0.2) is 46.7 Å². The van der Waals surface area contributed by atoms with Crippen molar-refractivity contribution in [2.45, 2.75) is 38.3 Å². The number of hydrogen-bond donors (Lipinski definition) is 1. The van der Waals surface area contributed by atoms with Gasteiger partial charge in [-0.1, -0.05) is 42.0 Å². The number of carbonyl (C=O) groups is 1. The van der Waals surface area contributed by atoms with Crippen LogP contribution in [0.15, 0.2) is 48.5 Å². The summed E-state index contributed by atoms with van der Waals surface area (Å²) in [5.74, 6) is 0.861. The second kappa shape index (κ2) is 7.71. The van der Waals surface area contributed by atoms with E-state index in [9.17, 15) is 9.90 Å². The van der Waals surface area contributed by atoms with Crippen molar-refractivity contribution in [2.24, 2.45) is 0 Å². The topological polar surface area (TPSA) is 53.0 Å². The molecule has 0 radical (unpaired) electrons. The molecule has 2 aliphatic rings. The third kappa shape index (κ3) is 3.99. The Morgan fingerprint density at radius 3 is 2.37 bits per heavy atom. The number of likely N-dealkylation sites (tertiary alicyclic amines) is 1. The highest BCUT2D eigenvalue weighted by atomic mass is 16.7. The summed E-state index contributed by atoms with van der Waals surface area (Å²) < 4.78 is 0. The van der Waals surface area contributed by atoms with E-state index in [2.05, 4.69) is 24.0 Å². The van der Waals surface area contributed by atoms with Crippen LogP contribution in [0.25, 0.3) is 0 Å². The lowest BCUT2D eigenvalue weighted by molar-refractivity contribution is -0.164. The fourth-order valence-corrected chi connectivity index (χ4v) is 4.00. The molecule has 27 heavy (non-hydrogen) atoms. The largest absolute Gasteiger partial charge is 0.508 e. The van der Waals surface area contributed by atoms with E-state index < -0.39 is 0 Å². The lowest BCUT2D eigenvalue weighted by Gasteiger charge is -2.34. The summed E-state index contributed by atoms with van der Waals surface area (Å²) in [6.45, 7) is 4.78. The zero-order chi connectivity index (χ0) is 18.8. The number of phenols is 1. The molecular formula is C22H26N2O3. The lowest BCUT2D eigenvalue weighted by Crippen LogP contribution is -2.46. The summed E-state index contributed by atoms with van der Waals surface area (Å²) in [4.78, 5) is 20.8. The van der Waals surface area contributed by atoms with Crippen molar-refractivity contribution in [3.8, 4) is 5.75 Å².